The number of carbonyl (C=O) groups is 1. The van der Waals surface area contributed by atoms with Crippen LogP contribution in [0.15, 0.2) is 24.5 Å². The second-order valence-corrected chi connectivity index (χ2v) is 3.85. The highest BCUT2D eigenvalue weighted by Crippen LogP contribution is 2.13. The van der Waals surface area contributed by atoms with Crippen molar-refractivity contribution < 1.29 is 4.79 Å². The van der Waals surface area contributed by atoms with Gasteiger partial charge in [0.2, 0.25) is 5.91 Å². The quantitative estimate of drug-likeness (QED) is 0.887. The number of nitrogens with zero attached hydrogens (tertiary/aromatic N) is 1. The van der Waals surface area contributed by atoms with E-state index in [1.54, 1.807) is 24.5 Å². The van der Waals surface area contributed by atoms with Crippen LogP contribution in [0.1, 0.15) is 12.8 Å². The molecule has 1 aliphatic rings. The van der Waals surface area contributed by atoms with E-state index >= 15 is 0 Å². The van der Waals surface area contributed by atoms with Crippen LogP contribution in [0.3, 0.4) is 0 Å². The Balaban J connectivity index is 0.00000128. The number of pyridine rings is 1. The van der Waals surface area contributed by atoms with Gasteiger partial charge in [-0.2, -0.15) is 0 Å². The van der Waals surface area contributed by atoms with Gasteiger partial charge in [-0.3, -0.25) is 9.78 Å². The molecule has 1 amide bonds. The second-order valence-electron chi connectivity index (χ2n) is 3.85. The van der Waals surface area contributed by atoms with Crippen LogP contribution in [0.4, 0.5) is 5.69 Å². The van der Waals surface area contributed by atoms with Gasteiger partial charge in [0.25, 0.3) is 0 Å². The molecule has 0 radical (unpaired) electrons. The molecule has 2 heterocycles. The average molecular weight is 278 g/mol. The number of hydrogen-bond donors (Lipinski definition) is 2. The summed E-state index contributed by atoms with van der Waals surface area (Å²) in [5, 5.41) is 6.11. The van der Waals surface area contributed by atoms with Gasteiger partial charge < -0.3 is 10.6 Å². The van der Waals surface area contributed by atoms with Crippen molar-refractivity contribution in [3.63, 3.8) is 0 Å². The molecule has 1 aromatic heterocycles. The monoisotopic (exact) mass is 277 g/mol. The zero-order chi connectivity index (χ0) is 10.5. The third-order valence-electron chi connectivity index (χ3n) is 2.60. The zero-order valence-corrected chi connectivity index (χ0v) is 11.0. The summed E-state index contributed by atoms with van der Waals surface area (Å²) in [7, 11) is 0. The zero-order valence-electron chi connectivity index (χ0n) is 9.39. The van der Waals surface area contributed by atoms with Crippen LogP contribution in [0.5, 0.6) is 0 Å². The summed E-state index contributed by atoms with van der Waals surface area (Å²) in [5.74, 6) is 0.585. The number of nitrogens with one attached hydrogen (secondary N) is 2. The van der Waals surface area contributed by atoms with E-state index in [0.717, 1.165) is 25.2 Å². The fraction of sp³-hybridized carbons (Fsp3) is 0.455. The molecule has 96 valence electrons. The van der Waals surface area contributed by atoms with Gasteiger partial charge in [-0.1, -0.05) is 0 Å². The van der Waals surface area contributed by atoms with Crippen molar-refractivity contribution in [2.75, 3.05) is 18.4 Å². The van der Waals surface area contributed by atoms with Gasteiger partial charge in [0.05, 0.1) is 0 Å². The predicted molar refractivity (Wildman–Crippen MR) is 73.0 cm³/mol. The number of carbonyl (C=O) groups excluding carboxylic acids is 1. The van der Waals surface area contributed by atoms with Gasteiger partial charge in [0.1, 0.15) is 0 Å². The minimum atomic E-state index is 0. The number of rotatable bonds is 3. The number of aromatic nitrogens is 1. The summed E-state index contributed by atoms with van der Waals surface area (Å²) in [5.41, 5.74) is 0.820. The maximum atomic E-state index is 11.6. The van der Waals surface area contributed by atoms with E-state index in [4.69, 9.17) is 0 Å². The Morgan fingerprint density at radius 3 is 2.71 bits per heavy atom. The maximum Gasteiger partial charge on any atom is 0.224 e. The van der Waals surface area contributed by atoms with E-state index in [-0.39, 0.29) is 30.7 Å². The molecule has 1 aliphatic heterocycles. The van der Waals surface area contributed by atoms with Gasteiger partial charge >= 0.3 is 0 Å². The summed E-state index contributed by atoms with van der Waals surface area (Å²) in [6.07, 6.45) is 5.05. The lowest BCUT2D eigenvalue weighted by Gasteiger charge is -2.08. The van der Waals surface area contributed by atoms with Crippen molar-refractivity contribution in [2.45, 2.75) is 12.8 Å². The van der Waals surface area contributed by atoms with Crippen LogP contribution in [0.25, 0.3) is 0 Å². The number of amides is 1. The van der Waals surface area contributed by atoms with Gasteiger partial charge in [-0.25, -0.2) is 0 Å². The van der Waals surface area contributed by atoms with Gasteiger partial charge in [0, 0.05) is 24.5 Å². The molecular formula is C11H17Cl2N3O. The molecule has 6 heteroatoms. The van der Waals surface area contributed by atoms with Gasteiger partial charge in [-0.15, -0.1) is 24.8 Å². The van der Waals surface area contributed by atoms with E-state index < -0.39 is 0 Å². The van der Waals surface area contributed by atoms with Crippen LogP contribution in [-0.2, 0) is 4.79 Å². The molecule has 0 aliphatic carbocycles. The van der Waals surface area contributed by atoms with E-state index in [9.17, 15) is 4.79 Å². The Kier molecular flexibility index (Phi) is 7.87. The van der Waals surface area contributed by atoms with E-state index in [0.29, 0.717) is 12.3 Å². The Morgan fingerprint density at radius 2 is 2.12 bits per heavy atom. The van der Waals surface area contributed by atoms with Crippen LogP contribution in [0.2, 0.25) is 0 Å². The fourth-order valence-electron chi connectivity index (χ4n) is 1.80. The van der Waals surface area contributed by atoms with Crippen molar-refractivity contribution in [2.24, 2.45) is 5.92 Å². The first kappa shape index (κ1) is 16.2. The normalized spacial score (nSPS) is 17.8. The molecule has 2 N–H and O–H groups in total. The summed E-state index contributed by atoms with van der Waals surface area (Å²) in [4.78, 5) is 15.5. The molecule has 1 unspecified atom stereocenters. The first-order chi connectivity index (χ1) is 7.34. The fourth-order valence-corrected chi connectivity index (χ4v) is 1.80. The molecule has 0 saturated carbocycles. The highest BCUT2D eigenvalue weighted by molar-refractivity contribution is 5.90. The second kappa shape index (κ2) is 8.28. The van der Waals surface area contributed by atoms with E-state index in [1.165, 1.54) is 0 Å². The molecule has 0 spiro atoms. The number of anilines is 1. The van der Waals surface area contributed by atoms with E-state index in [2.05, 4.69) is 15.6 Å². The number of halogens is 2. The summed E-state index contributed by atoms with van der Waals surface area (Å²) >= 11 is 0. The van der Waals surface area contributed by atoms with Gasteiger partial charge in [0.15, 0.2) is 0 Å². The highest BCUT2D eigenvalue weighted by atomic mass is 35.5. The summed E-state index contributed by atoms with van der Waals surface area (Å²) in [6.45, 7) is 2.00. The lowest BCUT2D eigenvalue weighted by atomic mass is 10.0. The molecule has 1 aromatic rings. The largest absolute Gasteiger partial charge is 0.326 e. The van der Waals surface area contributed by atoms with Crippen molar-refractivity contribution in [1.29, 1.82) is 0 Å². The Bertz CT molecular complexity index is 329. The smallest absolute Gasteiger partial charge is 0.224 e. The average Bonchev–Trinajstić information content (AvgIpc) is 2.71. The minimum absolute atomic E-state index is 0. The van der Waals surface area contributed by atoms with Crippen LogP contribution >= 0.6 is 24.8 Å². The lowest BCUT2D eigenvalue weighted by molar-refractivity contribution is -0.116. The first-order valence-electron chi connectivity index (χ1n) is 5.25. The van der Waals surface area contributed by atoms with Crippen molar-refractivity contribution in [3.8, 4) is 0 Å². The van der Waals surface area contributed by atoms with Crippen LogP contribution in [0, 0.1) is 5.92 Å². The third-order valence-corrected chi connectivity index (χ3v) is 2.60. The number of hydrogen-bond acceptors (Lipinski definition) is 3. The highest BCUT2D eigenvalue weighted by Gasteiger charge is 2.17. The summed E-state index contributed by atoms with van der Waals surface area (Å²) in [6, 6.07) is 3.59. The van der Waals surface area contributed by atoms with Crippen molar-refractivity contribution >= 4 is 36.4 Å². The molecule has 0 bridgehead atoms. The predicted octanol–water partition coefficient (Wildman–Crippen LogP) is 1.86. The third kappa shape index (κ3) is 5.35. The molecule has 2 rings (SSSR count). The molecule has 1 fully saturated rings. The SMILES string of the molecule is Cl.Cl.O=C(CC1CCNC1)Nc1ccncc1. The van der Waals surface area contributed by atoms with Crippen molar-refractivity contribution in [1.82, 2.24) is 10.3 Å². The molecule has 1 atom stereocenters. The van der Waals surface area contributed by atoms with E-state index in [1.807, 2.05) is 0 Å². The summed E-state index contributed by atoms with van der Waals surface area (Å²) < 4.78 is 0. The Labute approximate surface area is 113 Å². The van der Waals surface area contributed by atoms with Crippen molar-refractivity contribution in [3.05, 3.63) is 24.5 Å². The molecular weight excluding hydrogens is 261 g/mol. The minimum Gasteiger partial charge on any atom is -0.326 e. The first-order valence-corrected chi connectivity index (χ1v) is 5.25. The topological polar surface area (TPSA) is 54.0 Å². The molecule has 17 heavy (non-hydrogen) atoms. The molecule has 1 saturated heterocycles. The maximum absolute atomic E-state index is 11.6. The molecule has 0 aromatic carbocycles. The Hall–Kier alpha value is -0.840. The Morgan fingerprint density at radius 1 is 1.41 bits per heavy atom. The van der Waals surface area contributed by atoms with Crippen LogP contribution in [-0.4, -0.2) is 24.0 Å². The lowest BCUT2D eigenvalue weighted by Crippen LogP contribution is -2.18. The van der Waals surface area contributed by atoms with Crippen LogP contribution < -0.4 is 10.6 Å². The standard InChI is InChI=1S/C11H15N3O.2ClH/c15-11(7-9-1-4-13-8-9)14-10-2-5-12-6-3-10;;/h2-3,5-6,9,13H,1,4,7-8H2,(H,12,14,15);2*1H. The van der Waals surface area contributed by atoms with Gasteiger partial charge in [-0.05, 0) is 37.6 Å². The molecule has 4 nitrogen and oxygen atoms in total.